The second kappa shape index (κ2) is 10.8. The Labute approximate surface area is 173 Å². The molecule has 0 radical (unpaired) electrons. The van der Waals surface area contributed by atoms with E-state index in [-0.39, 0.29) is 5.97 Å². The first kappa shape index (κ1) is 21.1. The predicted octanol–water partition coefficient (Wildman–Crippen LogP) is 4.43. The molecule has 0 spiro atoms. The van der Waals surface area contributed by atoms with E-state index in [1.54, 1.807) is 19.1 Å². The molecule has 0 N–H and O–H groups in total. The molecule has 0 amide bonds. The van der Waals surface area contributed by atoms with Crippen molar-refractivity contribution in [2.75, 3.05) is 31.2 Å². The van der Waals surface area contributed by atoms with E-state index >= 15 is 0 Å². The fourth-order valence-electron chi connectivity index (χ4n) is 3.64. The van der Waals surface area contributed by atoms with Crippen LogP contribution in [-0.4, -0.2) is 42.5 Å². The molecule has 3 rings (SSSR count). The first-order valence-electron chi connectivity index (χ1n) is 10.6. The number of rotatable bonds is 9. The van der Waals surface area contributed by atoms with E-state index < -0.39 is 0 Å². The molecule has 2 heterocycles. The van der Waals surface area contributed by atoms with E-state index in [0.717, 1.165) is 42.7 Å². The number of esters is 1. The van der Waals surface area contributed by atoms with Gasteiger partial charge < -0.3 is 14.4 Å². The number of carbonyl (C=O) groups excluding carboxylic acids is 1. The molecule has 0 atom stereocenters. The molecular weight excluding hydrogens is 366 g/mol. The minimum atomic E-state index is -0.292. The molecule has 1 fully saturated rings. The van der Waals surface area contributed by atoms with Gasteiger partial charge in [0.2, 0.25) is 0 Å². The van der Waals surface area contributed by atoms with E-state index in [1.165, 1.54) is 25.7 Å². The van der Waals surface area contributed by atoms with Crippen molar-refractivity contribution in [3.05, 3.63) is 47.7 Å². The average molecular weight is 398 g/mol. The van der Waals surface area contributed by atoms with Crippen LogP contribution in [0, 0.1) is 12.8 Å². The largest absolute Gasteiger partial charge is 0.494 e. The molecule has 156 valence electrons. The van der Waals surface area contributed by atoms with Gasteiger partial charge in [0.05, 0.1) is 24.5 Å². The Kier molecular flexibility index (Phi) is 7.85. The summed E-state index contributed by atoms with van der Waals surface area (Å²) < 4.78 is 10.8. The lowest BCUT2D eigenvalue weighted by molar-refractivity contribution is 0.0526. The molecule has 1 saturated heterocycles. The van der Waals surface area contributed by atoms with Gasteiger partial charge >= 0.3 is 5.97 Å². The Morgan fingerprint density at radius 2 is 1.83 bits per heavy atom. The van der Waals surface area contributed by atoms with Crippen LogP contribution in [0.2, 0.25) is 0 Å². The normalized spacial score (nSPS) is 14.6. The van der Waals surface area contributed by atoms with Crippen molar-refractivity contribution >= 4 is 11.8 Å². The first-order chi connectivity index (χ1) is 14.2. The van der Waals surface area contributed by atoms with E-state index in [4.69, 9.17) is 9.47 Å². The van der Waals surface area contributed by atoms with Gasteiger partial charge in [-0.25, -0.2) is 4.79 Å². The van der Waals surface area contributed by atoms with Crippen LogP contribution in [0.3, 0.4) is 0 Å². The first-order valence-corrected chi connectivity index (χ1v) is 10.6. The van der Waals surface area contributed by atoms with E-state index in [1.807, 2.05) is 25.1 Å². The number of ether oxygens (including phenoxy) is 2. The van der Waals surface area contributed by atoms with Gasteiger partial charge in [0.15, 0.2) is 5.82 Å². The summed E-state index contributed by atoms with van der Waals surface area (Å²) >= 11 is 0. The van der Waals surface area contributed by atoms with Crippen LogP contribution in [-0.2, 0) is 4.74 Å². The number of anilines is 1. The van der Waals surface area contributed by atoms with Gasteiger partial charge in [0.25, 0.3) is 0 Å². The maximum atomic E-state index is 11.6. The maximum Gasteiger partial charge on any atom is 0.338 e. The second-order valence-corrected chi connectivity index (χ2v) is 7.55. The predicted molar refractivity (Wildman–Crippen MR) is 113 cm³/mol. The number of aryl methyl sites for hydroxylation is 1. The second-order valence-electron chi connectivity index (χ2n) is 7.55. The Balaban J connectivity index is 1.29. The van der Waals surface area contributed by atoms with E-state index in [0.29, 0.717) is 18.8 Å². The van der Waals surface area contributed by atoms with Crippen LogP contribution >= 0.6 is 0 Å². The minimum Gasteiger partial charge on any atom is -0.494 e. The van der Waals surface area contributed by atoms with Gasteiger partial charge in [-0.3, -0.25) is 0 Å². The van der Waals surface area contributed by atoms with Crippen LogP contribution < -0.4 is 9.64 Å². The Morgan fingerprint density at radius 1 is 1.07 bits per heavy atom. The summed E-state index contributed by atoms with van der Waals surface area (Å²) in [7, 11) is 0. The smallest absolute Gasteiger partial charge is 0.338 e. The van der Waals surface area contributed by atoms with Gasteiger partial charge in [0.1, 0.15) is 5.75 Å². The molecule has 0 saturated carbocycles. The minimum absolute atomic E-state index is 0.292. The third-order valence-electron chi connectivity index (χ3n) is 5.36. The number of hydrogen-bond donors (Lipinski definition) is 0. The number of hydrogen-bond acceptors (Lipinski definition) is 6. The molecule has 6 heteroatoms. The number of carbonyl (C=O) groups is 1. The van der Waals surface area contributed by atoms with Crippen molar-refractivity contribution in [3.8, 4) is 5.75 Å². The van der Waals surface area contributed by atoms with Gasteiger partial charge in [-0.2, -0.15) is 5.10 Å². The van der Waals surface area contributed by atoms with Gasteiger partial charge in [-0.15, -0.1) is 5.10 Å². The summed E-state index contributed by atoms with van der Waals surface area (Å²) in [5, 5.41) is 8.46. The third kappa shape index (κ3) is 6.44. The molecule has 0 aliphatic carbocycles. The van der Waals surface area contributed by atoms with Crippen molar-refractivity contribution in [1.29, 1.82) is 0 Å². The molecule has 0 unspecified atom stereocenters. The van der Waals surface area contributed by atoms with Crippen molar-refractivity contribution in [2.45, 2.75) is 46.0 Å². The highest BCUT2D eigenvalue weighted by Crippen LogP contribution is 2.25. The summed E-state index contributed by atoms with van der Waals surface area (Å²) in [4.78, 5) is 14.0. The summed E-state index contributed by atoms with van der Waals surface area (Å²) in [6.07, 6.45) is 5.90. The summed E-state index contributed by atoms with van der Waals surface area (Å²) in [6, 6.07) is 11.3. The van der Waals surface area contributed by atoms with Gasteiger partial charge in [0, 0.05) is 13.1 Å². The molecular formula is C23H31N3O3. The number of unbranched alkanes of at least 4 members (excludes halogenated alkanes) is 1. The quantitative estimate of drug-likeness (QED) is 0.461. The highest BCUT2D eigenvalue weighted by Gasteiger charge is 2.20. The molecule has 1 aliphatic rings. The molecule has 1 aliphatic heterocycles. The van der Waals surface area contributed by atoms with Crippen LogP contribution in [0.25, 0.3) is 0 Å². The summed E-state index contributed by atoms with van der Waals surface area (Å²) in [5.74, 6) is 2.29. The fourth-order valence-corrected chi connectivity index (χ4v) is 3.64. The molecule has 2 aromatic rings. The standard InChI is InChI=1S/C23H31N3O3/c1-3-28-23(27)20-8-10-21(11-9-20)29-17-5-4-6-19-13-15-26(16-14-19)22-12-7-18(2)24-25-22/h7-12,19H,3-6,13-17H2,1-2H3. The molecule has 1 aromatic carbocycles. The van der Waals surface area contributed by atoms with Crippen LogP contribution in [0.5, 0.6) is 5.75 Å². The lowest BCUT2D eigenvalue weighted by Crippen LogP contribution is -2.34. The number of piperidine rings is 1. The zero-order valence-electron chi connectivity index (χ0n) is 17.5. The molecule has 0 bridgehead atoms. The summed E-state index contributed by atoms with van der Waals surface area (Å²) in [6.45, 7) is 6.98. The Morgan fingerprint density at radius 3 is 2.48 bits per heavy atom. The monoisotopic (exact) mass is 397 g/mol. The van der Waals surface area contributed by atoms with E-state index in [2.05, 4.69) is 21.2 Å². The number of aromatic nitrogens is 2. The molecule has 1 aromatic heterocycles. The fraction of sp³-hybridized carbons (Fsp3) is 0.522. The lowest BCUT2D eigenvalue weighted by Gasteiger charge is -2.32. The van der Waals surface area contributed by atoms with Gasteiger partial charge in [-0.1, -0.05) is 6.42 Å². The van der Waals surface area contributed by atoms with Crippen molar-refractivity contribution < 1.29 is 14.3 Å². The Hall–Kier alpha value is -2.63. The highest BCUT2D eigenvalue weighted by atomic mass is 16.5. The zero-order valence-corrected chi connectivity index (χ0v) is 17.5. The summed E-state index contributed by atoms with van der Waals surface area (Å²) in [5.41, 5.74) is 1.52. The molecule has 29 heavy (non-hydrogen) atoms. The van der Waals surface area contributed by atoms with E-state index in [9.17, 15) is 4.79 Å². The van der Waals surface area contributed by atoms with Crippen LogP contribution in [0.1, 0.15) is 55.1 Å². The average Bonchev–Trinajstić information content (AvgIpc) is 2.75. The Bertz CT molecular complexity index is 754. The van der Waals surface area contributed by atoms with Crippen molar-refractivity contribution in [2.24, 2.45) is 5.92 Å². The topological polar surface area (TPSA) is 64.6 Å². The third-order valence-corrected chi connectivity index (χ3v) is 5.36. The number of benzene rings is 1. The highest BCUT2D eigenvalue weighted by molar-refractivity contribution is 5.89. The lowest BCUT2D eigenvalue weighted by atomic mass is 9.91. The van der Waals surface area contributed by atoms with Crippen LogP contribution in [0.4, 0.5) is 5.82 Å². The SMILES string of the molecule is CCOC(=O)c1ccc(OCCCCC2CCN(c3ccc(C)nn3)CC2)cc1. The van der Waals surface area contributed by atoms with Gasteiger partial charge in [-0.05, 0) is 81.8 Å². The maximum absolute atomic E-state index is 11.6. The zero-order chi connectivity index (χ0) is 20.5. The van der Waals surface area contributed by atoms with Crippen LogP contribution in [0.15, 0.2) is 36.4 Å². The number of nitrogens with zero attached hydrogens (tertiary/aromatic N) is 3. The van der Waals surface area contributed by atoms with Crippen molar-refractivity contribution in [1.82, 2.24) is 10.2 Å². The van der Waals surface area contributed by atoms with Crippen molar-refractivity contribution in [3.63, 3.8) is 0 Å². The molecule has 6 nitrogen and oxygen atoms in total.